The maximum Gasteiger partial charge on any atom is 0.238 e. The highest BCUT2D eigenvalue weighted by Crippen LogP contribution is 2.20. The van der Waals surface area contributed by atoms with Crippen molar-refractivity contribution >= 4 is 10.0 Å². The number of pyridine rings is 1. The van der Waals surface area contributed by atoms with Crippen LogP contribution in [0.2, 0.25) is 0 Å². The molecule has 2 rings (SSSR count). The van der Waals surface area contributed by atoms with Gasteiger partial charge in [0.15, 0.2) is 0 Å². The monoisotopic (exact) mass is 305 g/mol. The second kappa shape index (κ2) is 6.34. The molecule has 112 valence electrons. The van der Waals surface area contributed by atoms with Crippen LogP contribution in [-0.2, 0) is 10.0 Å². The minimum atomic E-state index is -3.64. The Bertz CT molecular complexity index is 685. The van der Waals surface area contributed by atoms with E-state index in [1.807, 2.05) is 25.3 Å². The van der Waals surface area contributed by atoms with Crippen molar-refractivity contribution in [3.63, 3.8) is 0 Å². The molecule has 2 atom stereocenters. The van der Waals surface area contributed by atoms with E-state index < -0.39 is 10.0 Å². The quantitative estimate of drug-likeness (QED) is 0.886. The van der Waals surface area contributed by atoms with Crippen LogP contribution in [0.5, 0.6) is 0 Å². The lowest BCUT2D eigenvalue weighted by molar-refractivity contribution is 0.493. The van der Waals surface area contributed by atoms with Crippen LogP contribution in [0.1, 0.15) is 37.1 Å². The van der Waals surface area contributed by atoms with Crippen LogP contribution < -0.4 is 10.5 Å². The summed E-state index contributed by atoms with van der Waals surface area (Å²) in [6.45, 7) is 4.09. The van der Waals surface area contributed by atoms with Gasteiger partial charge in [0.25, 0.3) is 0 Å². The maximum absolute atomic E-state index is 11.2. The smallest absolute Gasteiger partial charge is 0.238 e. The molecule has 1 heterocycles. The van der Waals surface area contributed by atoms with Gasteiger partial charge in [-0.25, -0.2) is 13.6 Å². The van der Waals surface area contributed by atoms with Gasteiger partial charge in [-0.15, -0.1) is 0 Å². The normalized spacial score (nSPS) is 14.6. The summed E-state index contributed by atoms with van der Waals surface area (Å²) in [5.41, 5.74) is 2.10. The third kappa shape index (κ3) is 4.10. The van der Waals surface area contributed by atoms with Gasteiger partial charge in [-0.05, 0) is 43.2 Å². The molecule has 0 fully saturated rings. The fraction of sp³-hybridized carbons (Fsp3) is 0.267. The minimum absolute atomic E-state index is 0.0785. The second-order valence-corrected chi connectivity index (χ2v) is 6.57. The molecule has 1 aromatic carbocycles. The standard InChI is InChI=1S/C15H19N3O2S/c1-11(18-12(2)14-4-3-9-17-10-14)13-5-7-15(8-6-13)21(16,19)20/h3-12,18H,1-2H3,(H2,16,19,20)/t11?,12-/m0/s1. The first-order chi connectivity index (χ1) is 9.88. The number of nitrogens with two attached hydrogens (primary N) is 1. The van der Waals surface area contributed by atoms with Crippen LogP contribution in [0.25, 0.3) is 0 Å². The Morgan fingerprint density at radius 3 is 2.19 bits per heavy atom. The van der Waals surface area contributed by atoms with Gasteiger partial charge in [-0.2, -0.15) is 0 Å². The van der Waals surface area contributed by atoms with Crippen molar-refractivity contribution < 1.29 is 8.42 Å². The van der Waals surface area contributed by atoms with E-state index in [9.17, 15) is 8.42 Å². The number of rotatable bonds is 5. The Morgan fingerprint density at radius 2 is 1.67 bits per heavy atom. The highest BCUT2D eigenvalue weighted by Gasteiger charge is 2.13. The van der Waals surface area contributed by atoms with Crippen molar-refractivity contribution in [2.45, 2.75) is 30.8 Å². The number of sulfonamides is 1. The molecule has 0 aliphatic heterocycles. The first kappa shape index (κ1) is 15.6. The molecule has 1 unspecified atom stereocenters. The molecule has 5 nitrogen and oxygen atoms in total. The maximum atomic E-state index is 11.2. The molecule has 1 aromatic heterocycles. The Hall–Kier alpha value is -1.76. The van der Waals surface area contributed by atoms with Gasteiger partial charge in [0.1, 0.15) is 0 Å². The highest BCUT2D eigenvalue weighted by atomic mass is 32.2. The lowest BCUT2D eigenvalue weighted by Gasteiger charge is -2.20. The predicted octanol–water partition coefficient (Wildman–Crippen LogP) is 2.14. The van der Waals surface area contributed by atoms with E-state index in [1.165, 1.54) is 12.1 Å². The Morgan fingerprint density at radius 1 is 1.05 bits per heavy atom. The minimum Gasteiger partial charge on any atom is -0.304 e. The van der Waals surface area contributed by atoms with Crippen LogP contribution in [0.4, 0.5) is 0 Å². The topological polar surface area (TPSA) is 85.1 Å². The van der Waals surface area contributed by atoms with Crippen molar-refractivity contribution in [1.82, 2.24) is 10.3 Å². The Kier molecular flexibility index (Phi) is 4.72. The summed E-state index contributed by atoms with van der Waals surface area (Å²) in [6, 6.07) is 10.7. The van der Waals surface area contributed by atoms with Gasteiger partial charge >= 0.3 is 0 Å². The summed E-state index contributed by atoms with van der Waals surface area (Å²) in [6.07, 6.45) is 3.57. The number of nitrogens with zero attached hydrogens (tertiary/aromatic N) is 1. The molecule has 0 spiro atoms. The van der Waals surface area contributed by atoms with Crippen LogP contribution in [0.15, 0.2) is 53.7 Å². The van der Waals surface area contributed by atoms with Crippen molar-refractivity contribution in [3.8, 4) is 0 Å². The molecule has 0 bridgehead atoms. The summed E-state index contributed by atoms with van der Waals surface area (Å²) >= 11 is 0. The Balaban J connectivity index is 2.08. The van der Waals surface area contributed by atoms with Crippen molar-refractivity contribution in [2.75, 3.05) is 0 Å². The lowest BCUT2D eigenvalue weighted by Crippen LogP contribution is -2.22. The van der Waals surface area contributed by atoms with E-state index in [0.29, 0.717) is 0 Å². The highest BCUT2D eigenvalue weighted by molar-refractivity contribution is 7.89. The predicted molar refractivity (Wildman–Crippen MR) is 82.0 cm³/mol. The second-order valence-electron chi connectivity index (χ2n) is 5.01. The zero-order valence-corrected chi connectivity index (χ0v) is 12.8. The zero-order valence-electron chi connectivity index (χ0n) is 12.0. The van der Waals surface area contributed by atoms with E-state index in [0.717, 1.165) is 11.1 Å². The molecule has 0 radical (unpaired) electrons. The van der Waals surface area contributed by atoms with Crippen LogP contribution in [0, 0.1) is 0 Å². The van der Waals surface area contributed by atoms with Gasteiger partial charge in [0, 0.05) is 24.5 Å². The summed E-state index contributed by atoms with van der Waals surface area (Å²) in [5.74, 6) is 0. The number of aromatic nitrogens is 1. The summed E-state index contributed by atoms with van der Waals surface area (Å²) < 4.78 is 22.5. The number of nitrogens with one attached hydrogen (secondary N) is 1. The number of benzene rings is 1. The summed E-state index contributed by atoms with van der Waals surface area (Å²) in [7, 11) is -3.64. The average molecular weight is 305 g/mol. The van der Waals surface area contributed by atoms with Gasteiger partial charge in [-0.3, -0.25) is 4.98 Å². The molecular weight excluding hydrogens is 286 g/mol. The number of primary sulfonamides is 1. The first-order valence-corrected chi connectivity index (χ1v) is 8.21. The van der Waals surface area contributed by atoms with Gasteiger partial charge in [-0.1, -0.05) is 18.2 Å². The molecule has 21 heavy (non-hydrogen) atoms. The largest absolute Gasteiger partial charge is 0.304 e. The van der Waals surface area contributed by atoms with E-state index in [-0.39, 0.29) is 17.0 Å². The fourth-order valence-electron chi connectivity index (χ4n) is 2.15. The molecule has 6 heteroatoms. The van der Waals surface area contributed by atoms with Crippen LogP contribution in [-0.4, -0.2) is 13.4 Å². The number of hydrogen-bond acceptors (Lipinski definition) is 4. The molecule has 3 N–H and O–H groups in total. The third-order valence-electron chi connectivity index (χ3n) is 3.39. The molecule has 0 saturated carbocycles. The molecule has 0 amide bonds. The van der Waals surface area contributed by atoms with Crippen molar-refractivity contribution in [2.24, 2.45) is 5.14 Å². The van der Waals surface area contributed by atoms with Crippen molar-refractivity contribution in [3.05, 3.63) is 59.9 Å². The molecule has 0 aliphatic carbocycles. The molecule has 0 saturated heterocycles. The molecule has 0 aliphatic rings. The first-order valence-electron chi connectivity index (χ1n) is 6.66. The average Bonchev–Trinajstić information content (AvgIpc) is 2.47. The summed E-state index contributed by atoms with van der Waals surface area (Å²) in [4.78, 5) is 4.23. The van der Waals surface area contributed by atoms with Gasteiger partial charge in [0.2, 0.25) is 10.0 Å². The summed E-state index contributed by atoms with van der Waals surface area (Å²) in [5, 5.41) is 8.54. The van der Waals surface area contributed by atoms with E-state index >= 15 is 0 Å². The van der Waals surface area contributed by atoms with E-state index in [1.54, 1.807) is 18.3 Å². The van der Waals surface area contributed by atoms with Crippen LogP contribution >= 0.6 is 0 Å². The molecule has 2 aromatic rings. The Labute approximate surface area is 125 Å². The van der Waals surface area contributed by atoms with E-state index in [4.69, 9.17) is 5.14 Å². The zero-order chi connectivity index (χ0) is 15.5. The van der Waals surface area contributed by atoms with Crippen molar-refractivity contribution in [1.29, 1.82) is 0 Å². The fourth-order valence-corrected chi connectivity index (χ4v) is 2.66. The lowest BCUT2D eigenvalue weighted by atomic mass is 10.1. The SMILES string of the molecule is CC(N[C@@H](C)c1cccnc1)c1ccc(S(N)(=O)=O)cc1. The number of hydrogen-bond donors (Lipinski definition) is 2. The van der Waals surface area contributed by atoms with E-state index in [2.05, 4.69) is 17.2 Å². The van der Waals surface area contributed by atoms with Crippen LogP contribution in [0.3, 0.4) is 0 Å². The van der Waals surface area contributed by atoms with Gasteiger partial charge in [0.05, 0.1) is 4.90 Å². The molecular formula is C15H19N3O2S. The van der Waals surface area contributed by atoms with Gasteiger partial charge < -0.3 is 5.32 Å². The third-order valence-corrected chi connectivity index (χ3v) is 4.32.